The molecule has 0 saturated heterocycles. The normalized spacial score (nSPS) is 12.8. The molecule has 0 bridgehead atoms. The summed E-state index contributed by atoms with van der Waals surface area (Å²) in [6, 6.07) is 0. The summed E-state index contributed by atoms with van der Waals surface area (Å²) >= 11 is 1.19. The lowest BCUT2D eigenvalue weighted by molar-refractivity contribution is -0.136. The Morgan fingerprint density at radius 3 is 3.00 bits per heavy atom. The lowest BCUT2D eigenvalue weighted by Gasteiger charge is -2.08. The summed E-state index contributed by atoms with van der Waals surface area (Å²) in [5.41, 5.74) is 1.06. The number of aryl methyl sites for hydroxylation is 1. The van der Waals surface area contributed by atoms with Crippen molar-refractivity contribution in [3.63, 3.8) is 0 Å². The number of hydrogen-bond acceptors (Lipinski definition) is 6. The van der Waals surface area contributed by atoms with Crippen LogP contribution >= 0.6 is 11.8 Å². The summed E-state index contributed by atoms with van der Waals surface area (Å²) in [6.45, 7) is 3.60. The third kappa shape index (κ3) is 2.23. The van der Waals surface area contributed by atoms with E-state index in [0.717, 1.165) is 0 Å². The van der Waals surface area contributed by atoms with E-state index in [1.54, 1.807) is 6.92 Å². The van der Waals surface area contributed by atoms with Crippen LogP contribution in [0.3, 0.4) is 0 Å². The van der Waals surface area contributed by atoms with Gasteiger partial charge in [-0.05, 0) is 13.3 Å². The molecule has 2 aromatic rings. The third-order valence-electron chi connectivity index (χ3n) is 2.31. The molecule has 1 atom stereocenters. The van der Waals surface area contributed by atoms with Gasteiger partial charge in [0.05, 0.1) is 11.1 Å². The average Bonchev–Trinajstić information content (AvgIpc) is 2.68. The van der Waals surface area contributed by atoms with E-state index < -0.39 is 11.2 Å². The van der Waals surface area contributed by atoms with Crippen molar-refractivity contribution in [1.82, 2.24) is 15.1 Å². The van der Waals surface area contributed by atoms with Gasteiger partial charge >= 0.3 is 5.97 Å². The average molecular weight is 253 g/mol. The molecule has 0 saturated carbocycles. The molecule has 0 spiro atoms. The van der Waals surface area contributed by atoms with Gasteiger partial charge in [0.2, 0.25) is 0 Å². The van der Waals surface area contributed by atoms with Crippen molar-refractivity contribution in [3.05, 3.63) is 12.0 Å². The number of fused-ring (bicyclic) bond motifs is 1. The van der Waals surface area contributed by atoms with E-state index >= 15 is 0 Å². The summed E-state index contributed by atoms with van der Waals surface area (Å²) in [4.78, 5) is 19.0. The first-order valence-electron chi connectivity index (χ1n) is 5.10. The van der Waals surface area contributed by atoms with Gasteiger partial charge < -0.3 is 9.63 Å². The van der Waals surface area contributed by atoms with E-state index in [1.165, 1.54) is 18.1 Å². The molecule has 0 aromatic carbocycles. The summed E-state index contributed by atoms with van der Waals surface area (Å²) in [5.74, 6) is -0.849. The molecule has 2 rings (SSSR count). The van der Waals surface area contributed by atoms with Gasteiger partial charge in [0.15, 0.2) is 0 Å². The van der Waals surface area contributed by atoms with Crippen LogP contribution in [0.15, 0.2) is 15.9 Å². The first-order valence-corrected chi connectivity index (χ1v) is 5.98. The van der Waals surface area contributed by atoms with Crippen LogP contribution in [0.5, 0.6) is 0 Å². The molecule has 0 aliphatic heterocycles. The second-order valence-electron chi connectivity index (χ2n) is 3.48. The van der Waals surface area contributed by atoms with E-state index in [2.05, 4.69) is 15.1 Å². The SMILES string of the molecule is CCC(Sc1ncnc2onc(C)c12)C(=O)O. The molecule has 6 nitrogen and oxygen atoms in total. The quantitative estimate of drug-likeness (QED) is 0.657. The number of nitrogens with zero attached hydrogens (tertiary/aromatic N) is 3. The van der Waals surface area contributed by atoms with Crippen molar-refractivity contribution < 1.29 is 14.4 Å². The molecule has 2 aromatic heterocycles. The van der Waals surface area contributed by atoms with Gasteiger partial charge in [-0.3, -0.25) is 4.79 Å². The molecule has 7 heteroatoms. The minimum atomic E-state index is -0.849. The molecular weight excluding hydrogens is 242 g/mol. The van der Waals surface area contributed by atoms with Crippen LogP contribution in [-0.2, 0) is 4.79 Å². The van der Waals surface area contributed by atoms with Crippen LogP contribution in [0.2, 0.25) is 0 Å². The zero-order valence-corrected chi connectivity index (χ0v) is 10.2. The number of aliphatic carboxylic acids is 1. The monoisotopic (exact) mass is 253 g/mol. The molecular formula is C10H11N3O3S. The molecule has 0 aliphatic carbocycles. The second-order valence-corrected chi connectivity index (χ2v) is 4.67. The minimum absolute atomic E-state index is 0.389. The van der Waals surface area contributed by atoms with E-state index in [4.69, 9.17) is 9.63 Å². The summed E-state index contributed by atoms with van der Waals surface area (Å²) in [6.07, 6.45) is 1.87. The fourth-order valence-corrected chi connectivity index (χ4v) is 2.42. The Morgan fingerprint density at radius 1 is 1.59 bits per heavy atom. The molecule has 1 unspecified atom stereocenters. The number of carboxylic acids is 1. The standard InChI is InChI=1S/C10H11N3O3S/c1-3-6(10(14)15)17-9-7-5(2)13-16-8(7)11-4-12-9/h4,6H,3H2,1-2H3,(H,14,15). The Morgan fingerprint density at radius 2 is 2.35 bits per heavy atom. The molecule has 1 N–H and O–H groups in total. The van der Waals surface area contributed by atoms with Crippen molar-refractivity contribution in [1.29, 1.82) is 0 Å². The molecule has 2 heterocycles. The van der Waals surface area contributed by atoms with Crippen LogP contribution in [-0.4, -0.2) is 31.5 Å². The first kappa shape index (κ1) is 11.8. The van der Waals surface area contributed by atoms with Crippen LogP contribution in [0.1, 0.15) is 19.0 Å². The number of carbonyl (C=O) groups is 1. The molecule has 0 aliphatic rings. The highest BCUT2D eigenvalue weighted by Gasteiger charge is 2.21. The summed E-state index contributed by atoms with van der Waals surface area (Å²) < 4.78 is 5.00. The predicted molar refractivity (Wildman–Crippen MR) is 61.9 cm³/mol. The number of thioether (sulfide) groups is 1. The van der Waals surface area contributed by atoms with E-state index in [-0.39, 0.29) is 0 Å². The topological polar surface area (TPSA) is 89.1 Å². The Balaban J connectivity index is 2.41. The van der Waals surface area contributed by atoms with Crippen LogP contribution in [0.4, 0.5) is 0 Å². The second kappa shape index (κ2) is 4.70. The van der Waals surface area contributed by atoms with E-state index in [9.17, 15) is 4.79 Å². The zero-order valence-electron chi connectivity index (χ0n) is 9.38. The van der Waals surface area contributed by atoms with Gasteiger partial charge in [-0.2, -0.15) is 4.98 Å². The zero-order chi connectivity index (χ0) is 12.4. The van der Waals surface area contributed by atoms with Crippen molar-refractivity contribution in [2.24, 2.45) is 0 Å². The van der Waals surface area contributed by atoms with Crippen molar-refractivity contribution in [3.8, 4) is 0 Å². The molecule has 0 amide bonds. The van der Waals surface area contributed by atoms with Crippen molar-refractivity contribution in [2.75, 3.05) is 0 Å². The lowest BCUT2D eigenvalue weighted by atomic mass is 10.3. The van der Waals surface area contributed by atoms with Crippen LogP contribution in [0, 0.1) is 6.92 Å². The predicted octanol–water partition coefficient (Wildman–Crippen LogP) is 1.88. The highest BCUT2D eigenvalue weighted by Crippen LogP contribution is 2.31. The van der Waals surface area contributed by atoms with Gasteiger partial charge in [0.25, 0.3) is 5.71 Å². The Labute approximate surface area is 101 Å². The van der Waals surface area contributed by atoms with Crippen molar-refractivity contribution in [2.45, 2.75) is 30.5 Å². The van der Waals surface area contributed by atoms with E-state index in [1.807, 2.05) is 6.92 Å². The van der Waals surface area contributed by atoms with Crippen LogP contribution in [0.25, 0.3) is 11.1 Å². The summed E-state index contributed by atoms with van der Waals surface area (Å²) in [7, 11) is 0. The number of rotatable bonds is 4. The molecule has 17 heavy (non-hydrogen) atoms. The Bertz CT molecular complexity index is 555. The highest BCUT2D eigenvalue weighted by molar-refractivity contribution is 8.00. The fourth-order valence-electron chi connectivity index (χ4n) is 1.42. The molecule has 0 fully saturated rings. The number of aromatic nitrogens is 3. The van der Waals surface area contributed by atoms with Gasteiger partial charge in [-0.1, -0.05) is 23.8 Å². The van der Waals surface area contributed by atoms with Gasteiger partial charge in [-0.25, -0.2) is 4.98 Å². The van der Waals surface area contributed by atoms with Gasteiger partial charge in [-0.15, -0.1) is 0 Å². The lowest BCUT2D eigenvalue weighted by Crippen LogP contribution is -2.15. The Hall–Kier alpha value is -1.63. The third-order valence-corrected chi connectivity index (χ3v) is 3.66. The Kier molecular flexibility index (Phi) is 3.28. The minimum Gasteiger partial charge on any atom is -0.480 e. The number of hydrogen-bond donors (Lipinski definition) is 1. The maximum absolute atomic E-state index is 11.0. The smallest absolute Gasteiger partial charge is 0.317 e. The van der Waals surface area contributed by atoms with E-state index in [0.29, 0.717) is 28.2 Å². The molecule has 0 radical (unpaired) electrons. The maximum Gasteiger partial charge on any atom is 0.317 e. The fraction of sp³-hybridized carbons (Fsp3) is 0.400. The van der Waals surface area contributed by atoms with Crippen molar-refractivity contribution >= 4 is 28.8 Å². The molecule has 90 valence electrons. The van der Waals surface area contributed by atoms with Gasteiger partial charge in [0.1, 0.15) is 16.6 Å². The van der Waals surface area contributed by atoms with Gasteiger partial charge in [0, 0.05) is 0 Å². The number of carboxylic acid groups (broad SMARTS) is 1. The maximum atomic E-state index is 11.0. The summed E-state index contributed by atoms with van der Waals surface area (Å²) in [5, 5.41) is 13.6. The highest BCUT2D eigenvalue weighted by atomic mass is 32.2. The first-order chi connectivity index (χ1) is 8.13. The van der Waals surface area contributed by atoms with Crippen LogP contribution < -0.4 is 0 Å². The largest absolute Gasteiger partial charge is 0.480 e.